The Kier molecular flexibility index (Phi) is 5.64. The first-order valence-corrected chi connectivity index (χ1v) is 2.99. The first kappa shape index (κ1) is 12.8. The summed E-state index contributed by atoms with van der Waals surface area (Å²) in [6, 6.07) is 0. The Balaban J connectivity index is 0. The third-order valence-electron chi connectivity index (χ3n) is 0.959. The van der Waals surface area contributed by atoms with E-state index in [1.807, 2.05) is 21.1 Å². The van der Waals surface area contributed by atoms with Crippen LogP contribution in [0.25, 0.3) is 0 Å². The molecule has 0 saturated carbocycles. The van der Waals surface area contributed by atoms with Crippen molar-refractivity contribution in [2.24, 2.45) is 0 Å². The van der Waals surface area contributed by atoms with Gasteiger partial charge in [0.1, 0.15) is 13.2 Å². The SMILES string of the molecule is C[N+](C)(C)CCO[N+](=O)[O-].[OH-]. The molecule has 0 fully saturated rings. The zero-order valence-corrected chi connectivity index (χ0v) is 6.98. The number of likely N-dealkylation sites (N-methyl/N-ethyl adjacent to an activating group) is 1. The highest BCUT2D eigenvalue weighted by atomic mass is 16.9. The van der Waals surface area contributed by atoms with Crippen LogP contribution in [0.15, 0.2) is 0 Å². The van der Waals surface area contributed by atoms with Crippen molar-refractivity contribution < 1.29 is 19.9 Å². The monoisotopic (exact) mass is 166 g/mol. The predicted octanol–water partition coefficient (Wildman–Crippen LogP) is -0.276. The van der Waals surface area contributed by atoms with Gasteiger partial charge < -0.3 is 14.8 Å². The van der Waals surface area contributed by atoms with Gasteiger partial charge in [0, 0.05) is 0 Å². The fraction of sp³-hybridized carbons (Fsp3) is 1.00. The molecule has 0 aromatic rings. The number of rotatable bonds is 4. The van der Waals surface area contributed by atoms with Gasteiger partial charge in [-0.3, -0.25) is 0 Å². The van der Waals surface area contributed by atoms with Crippen LogP contribution in [0.3, 0.4) is 0 Å². The summed E-state index contributed by atoms with van der Waals surface area (Å²) >= 11 is 0. The lowest BCUT2D eigenvalue weighted by Crippen LogP contribution is -2.37. The van der Waals surface area contributed by atoms with Crippen LogP contribution in [-0.4, -0.2) is 49.3 Å². The molecule has 0 rings (SSSR count). The lowest BCUT2D eigenvalue weighted by molar-refractivity contribution is -0.879. The van der Waals surface area contributed by atoms with Crippen molar-refractivity contribution in [3.05, 3.63) is 10.1 Å². The molecule has 0 saturated heterocycles. The molecule has 0 aromatic heterocycles. The summed E-state index contributed by atoms with van der Waals surface area (Å²) in [5.41, 5.74) is 0. The topological polar surface area (TPSA) is 82.4 Å². The molecule has 6 nitrogen and oxygen atoms in total. The third kappa shape index (κ3) is 12.3. The summed E-state index contributed by atoms with van der Waals surface area (Å²) < 4.78 is 0.674. The Morgan fingerprint density at radius 1 is 1.45 bits per heavy atom. The standard InChI is InChI=1S/C5H13N2O3.H2O/c1-7(2,3)4-5-10-6(8)9;/h4-5H2,1-3H3;1H2/q+1;/p-1. The normalized spacial score (nSPS) is 10.1. The van der Waals surface area contributed by atoms with Crippen LogP contribution in [0.4, 0.5) is 0 Å². The summed E-state index contributed by atoms with van der Waals surface area (Å²) in [4.78, 5) is 13.8. The van der Waals surface area contributed by atoms with Crippen molar-refractivity contribution in [1.82, 2.24) is 0 Å². The second kappa shape index (κ2) is 4.86. The summed E-state index contributed by atoms with van der Waals surface area (Å²) in [7, 11) is 5.84. The van der Waals surface area contributed by atoms with Gasteiger partial charge in [-0.15, -0.1) is 10.1 Å². The van der Waals surface area contributed by atoms with Gasteiger partial charge in [0.05, 0.1) is 21.1 Å². The Bertz CT molecular complexity index is 120. The fourth-order valence-corrected chi connectivity index (χ4v) is 0.389. The van der Waals surface area contributed by atoms with Gasteiger partial charge in [0.2, 0.25) is 0 Å². The first-order chi connectivity index (χ1) is 4.42. The highest BCUT2D eigenvalue weighted by Gasteiger charge is 2.06. The Labute approximate surface area is 65.4 Å². The highest BCUT2D eigenvalue weighted by molar-refractivity contribution is 4.21. The van der Waals surface area contributed by atoms with Crippen LogP contribution in [0, 0.1) is 10.1 Å². The van der Waals surface area contributed by atoms with E-state index in [9.17, 15) is 10.1 Å². The van der Waals surface area contributed by atoms with E-state index >= 15 is 0 Å². The van der Waals surface area contributed by atoms with E-state index < -0.39 is 5.09 Å². The molecule has 0 radical (unpaired) electrons. The maximum Gasteiger partial charge on any atom is 0.294 e. The predicted molar refractivity (Wildman–Crippen MR) is 37.8 cm³/mol. The van der Waals surface area contributed by atoms with Gasteiger partial charge in [-0.25, -0.2) is 0 Å². The van der Waals surface area contributed by atoms with Crippen LogP contribution in [0.1, 0.15) is 0 Å². The molecule has 0 heterocycles. The molecule has 11 heavy (non-hydrogen) atoms. The first-order valence-electron chi connectivity index (χ1n) is 2.99. The Morgan fingerprint density at radius 3 is 2.18 bits per heavy atom. The minimum Gasteiger partial charge on any atom is -0.870 e. The van der Waals surface area contributed by atoms with E-state index in [4.69, 9.17) is 0 Å². The average Bonchev–Trinajstić information content (AvgIpc) is 1.59. The number of hydrogen-bond acceptors (Lipinski definition) is 4. The lowest BCUT2D eigenvalue weighted by atomic mass is 10.5. The van der Waals surface area contributed by atoms with Crippen molar-refractivity contribution in [2.45, 2.75) is 0 Å². The molecular formula is C5H14N2O4. The van der Waals surface area contributed by atoms with Crippen molar-refractivity contribution in [1.29, 1.82) is 0 Å². The van der Waals surface area contributed by atoms with E-state index in [1.54, 1.807) is 0 Å². The second-order valence-corrected chi connectivity index (χ2v) is 3.07. The summed E-state index contributed by atoms with van der Waals surface area (Å²) in [5.74, 6) is 0. The van der Waals surface area contributed by atoms with Crippen molar-refractivity contribution in [3.8, 4) is 0 Å². The molecular weight excluding hydrogens is 152 g/mol. The van der Waals surface area contributed by atoms with Crippen LogP contribution >= 0.6 is 0 Å². The summed E-state index contributed by atoms with van der Waals surface area (Å²) in [6.45, 7) is 0.803. The van der Waals surface area contributed by atoms with E-state index in [1.165, 1.54) is 0 Å². The zero-order valence-electron chi connectivity index (χ0n) is 6.98. The molecule has 0 atom stereocenters. The molecule has 1 N–H and O–H groups in total. The molecule has 6 heteroatoms. The largest absolute Gasteiger partial charge is 0.870 e. The number of hydrogen-bond donors (Lipinski definition) is 0. The van der Waals surface area contributed by atoms with E-state index in [0.29, 0.717) is 11.0 Å². The molecule has 0 amide bonds. The van der Waals surface area contributed by atoms with Gasteiger partial charge in [-0.2, -0.15) is 0 Å². The van der Waals surface area contributed by atoms with Crippen LogP contribution < -0.4 is 0 Å². The molecule has 0 bridgehead atoms. The van der Waals surface area contributed by atoms with Crippen molar-refractivity contribution in [3.63, 3.8) is 0 Å². The van der Waals surface area contributed by atoms with Gasteiger partial charge in [-0.05, 0) is 0 Å². The molecule has 0 aromatic carbocycles. The Hall–Kier alpha value is -0.880. The molecule has 0 aliphatic heterocycles. The second-order valence-electron chi connectivity index (χ2n) is 3.07. The van der Waals surface area contributed by atoms with Gasteiger partial charge in [0.15, 0.2) is 0 Å². The van der Waals surface area contributed by atoms with E-state index in [-0.39, 0.29) is 12.1 Å². The van der Waals surface area contributed by atoms with Crippen LogP contribution in [-0.2, 0) is 4.84 Å². The van der Waals surface area contributed by atoms with Crippen LogP contribution in [0.5, 0.6) is 0 Å². The minimum atomic E-state index is -0.768. The fourth-order valence-electron chi connectivity index (χ4n) is 0.389. The van der Waals surface area contributed by atoms with Gasteiger partial charge in [-0.1, -0.05) is 0 Å². The van der Waals surface area contributed by atoms with E-state index in [2.05, 4.69) is 4.84 Å². The van der Waals surface area contributed by atoms with Crippen LogP contribution in [0.2, 0.25) is 0 Å². The van der Waals surface area contributed by atoms with Crippen molar-refractivity contribution in [2.75, 3.05) is 34.3 Å². The molecule has 0 unspecified atom stereocenters. The summed E-state index contributed by atoms with van der Waals surface area (Å²) in [6.07, 6.45) is 0. The average molecular weight is 166 g/mol. The lowest BCUT2D eigenvalue weighted by Gasteiger charge is -2.22. The molecule has 0 aliphatic carbocycles. The molecule has 0 spiro atoms. The third-order valence-corrected chi connectivity index (χ3v) is 0.959. The maximum atomic E-state index is 9.66. The van der Waals surface area contributed by atoms with Gasteiger partial charge in [0.25, 0.3) is 5.09 Å². The summed E-state index contributed by atoms with van der Waals surface area (Å²) in [5, 5.41) is 8.89. The quantitative estimate of drug-likeness (QED) is 0.327. The minimum absolute atomic E-state index is 0. The maximum absolute atomic E-state index is 9.66. The van der Waals surface area contributed by atoms with Gasteiger partial charge >= 0.3 is 0 Å². The highest BCUT2D eigenvalue weighted by Crippen LogP contribution is 1.88. The zero-order chi connectivity index (χ0) is 8.20. The van der Waals surface area contributed by atoms with Crippen molar-refractivity contribution >= 4 is 0 Å². The number of nitrogens with zero attached hydrogens (tertiary/aromatic N) is 2. The molecule has 68 valence electrons. The Morgan fingerprint density at radius 2 is 1.91 bits per heavy atom. The molecule has 0 aliphatic rings. The smallest absolute Gasteiger partial charge is 0.294 e. The van der Waals surface area contributed by atoms with E-state index in [0.717, 1.165) is 0 Å². The number of quaternary nitrogens is 1.